The summed E-state index contributed by atoms with van der Waals surface area (Å²) in [6.45, 7) is 6.20. The van der Waals surface area contributed by atoms with Crippen molar-refractivity contribution in [1.82, 2.24) is 4.90 Å². The largest absolute Gasteiger partial charge is 0.386 e. The van der Waals surface area contributed by atoms with Gasteiger partial charge in [-0.25, -0.2) is 4.99 Å². The number of aliphatic imine (C=N–C) groups is 1. The summed E-state index contributed by atoms with van der Waals surface area (Å²) in [7, 11) is 0. The van der Waals surface area contributed by atoms with E-state index >= 15 is 0 Å². The lowest BCUT2D eigenvalue weighted by molar-refractivity contribution is 0.334. The molecule has 4 nitrogen and oxygen atoms in total. The zero-order valence-electron chi connectivity index (χ0n) is 15.6. The van der Waals surface area contributed by atoms with Crippen LogP contribution in [0.1, 0.15) is 37.7 Å². The molecule has 0 radical (unpaired) electrons. The average Bonchev–Trinajstić information content (AvgIpc) is 3.36. The van der Waals surface area contributed by atoms with Crippen LogP contribution < -0.4 is 10.6 Å². The van der Waals surface area contributed by atoms with Crippen molar-refractivity contribution in [3.8, 4) is 0 Å². The summed E-state index contributed by atoms with van der Waals surface area (Å²) in [6, 6.07) is 6.65. The normalized spacial score (nSPS) is 23.6. The molecule has 1 aromatic carbocycles. The summed E-state index contributed by atoms with van der Waals surface area (Å²) in [5.74, 6) is 0.748. The molecule has 0 amide bonds. The quantitative estimate of drug-likeness (QED) is 0.609. The maximum Gasteiger partial charge on any atom is 0.113 e. The number of hydrogen-bond donors (Lipinski definition) is 1. The van der Waals surface area contributed by atoms with E-state index in [4.69, 9.17) is 10.7 Å². The molecule has 4 rings (SSSR count). The van der Waals surface area contributed by atoms with Crippen molar-refractivity contribution in [2.24, 2.45) is 10.7 Å². The zero-order chi connectivity index (χ0) is 17.8. The molecule has 140 valence electrons. The van der Waals surface area contributed by atoms with Crippen LogP contribution in [0.15, 0.2) is 34.7 Å². The van der Waals surface area contributed by atoms with Crippen LogP contribution in [0.2, 0.25) is 0 Å². The highest BCUT2D eigenvalue weighted by atomic mass is 32.2. The number of thioether (sulfide) groups is 1. The predicted molar refractivity (Wildman–Crippen MR) is 114 cm³/mol. The number of fused-ring (bicyclic) bond motifs is 1. The highest BCUT2D eigenvalue weighted by Gasteiger charge is 2.19. The Morgan fingerprint density at radius 1 is 1.15 bits per heavy atom. The minimum atomic E-state index is 0.313. The predicted octanol–water partition coefficient (Wildman–Crippen LogP) is 3.93. The van der Waals surface area contributed by atoms with E-state index in [0.717, 1.165) is 24.4 Å². The summed E-state index contributed by atoms with van der Waals surface area (Å²) in [6.07, 6.45) is 9.59. The fourth-order valence-electron chi connectivity index (χ4n) is 4.25. The highest BCUT2D eigenvalue weighted by Crippen LogP contribution is 2.32. The first-order valence-electron chi connectivity index (χ1n) is 10.0. The van der Waals surface area contributed by atoms with Crippen LogP contribution in [0.25, 0.3) is 0 Å². The van der Waals surface area contributed by atoms with E-state index in [9.17, 15) is 0 Å². The van der Waals surface area contributed by atoms with Gasteiger partial charge in [0.15, 0.2) is 0 Å². The molecule has 2 N–H and O–H groups in total. The molecule has 0 saturated carbocycles. The first-order valence-corrected chi connectivity index (χ1v) is 11.0. The Labute approximate surface area is 161 Å². The van der Waals surface area contributed by atoms with Crippen LogP contribution in [0.5, 0.6) is 0 Å². The van der Waals surface area contributed by atoms with Gasteiger partial charge in [-0.3, -0.25) is 0 Å². The summed E-state index contributed by atoms with van der Waals surface area (Å²) < 4.78 is 0. The number of nitrogens with zero attached hydrogens (tertiary/aromatic N) is 3. The minimum Gasteiger partial charge on any atom is -0.386 e. The lowest BCUT2D eigenvalue weighted by Crippen LogP contribution is -2.32. The SMILES string of the molecule is NC(=Nc1ccc2c(c1)CCCN2CCCN1CCCC1)C1CC=CS1. The second-order valence-electron chi connectivity index (χ2n) is 7.57. The molecule has 26 heavy (non-hydrogen) atoms. The maximum absolute atomic E-state index is 6.21. The molecule has 1 atom stereocenters. The Bertz CT molecular complexity index is 671. The molecule has 1 saturated heterocycles. The van der Waals surface area contributed by atoms with Crippen molar-refractivity contribution in [1.29, 1.82) is 0 Å². The van der Waals surface area contributed by atoms with Gasteiger partial charge in [0.25, 0.3) is 0 Å². The molecule has 0 aromatic heterocycles. The van der Waals surface area contributed by atoms with Crippen molar-refractivity contribution in [2.75, 3.05) is 37.6 Å². The van der Waals surface area contributed by atoms with E-state index < -0.39 is 0 Å². The number of likely N-dealkylation sites (tertiary alicyclic amines) is 1. The highest BCUT2D eigenvalue weighted by molar-refractivity contribution is 8.03. The third kappa shape index (κ3) is 4.26. The first-order chi connectivity index (χ1) is 12.8. The van der Waals surface area contributed by atoms with Gasteiger partial charge in [-0.15, -0.1) is 11.8 Å². The first kappa shape index (κ1) is 17.9. The summed E-state index contributed by atoms with van der Waals surface area (Å²) in [5, 5.41) is 2.44. The van der Waals surface area contributed by atoms with Crippen molar-refractivity contribution in [3.05, 3.63) is 35.2 Å². The molecule has 0 spiro atoms. The van der Waals surface area contributed by atoms with Crippen LogP contribution in [0.3, 0.4) is 0 Å². The number of allylic oxidation sites excluding steroid dienone is 1. The van der Waals surface area contributed by atoms with E-state index in [1.165, 1.54) is 69.7 Å². The molecule has 1 unspecified atom stereocenters. The molecule has 3 aliphatic rings. The number of anilines is 1. The topological polar surface area (TPSA) is 44.9 Å². The lowest BCUT2D eigenvalue weighted by atomic mass is 10.0. The standard InChI is InChI=1S/C21H30N4S/c22-21(20-7-4-15-26-20)23-18-8-9-19-17(16-18)6-3-13-25(19)14-5-12-24-10-1-2-11-24/h4,8-9,15-16,20H,1-3,5-7,10-14H2,(H2,22,23). The van der Waals surface area contributed by atoms with Gasteiger partial charge in [0.2, 0.25) is 0 Å². The summed E-state index contributed by atoms with van der Waals surface area (Å²) >= 11 is 1.77. The Kier molecular flexibility index (Phi) is 5.85. The monoisotopic (exact) mass is 370 g/mol. The third-order valence-electron chi connectivity index (χ3n) is 5.66. The fourth-order valence-corrected chi connectivity index (χ4v) is 5.08. The van der Waals surface area contributed by atoms with E-state index in [2.05, 4.69) is 39.5 Å². The van der Waals surface area contributed by atoms with E-state index in [-0.39, 0.29) is 0 Å². The fraction of sp³-hybridized carbons (Fsp3) is 0.571. The maximum atomic E-state index is 6.21. The summed E-state index contributed by atoms with van der Waals surface area (Å²) in [4.78, 5) is 9.88. The molecule has 0 bridgehead atoms. The number of hydrogen-bond acceptors (Lipinski definition) is 4. The Hall–Kier alpha value is -1.46. The van der Waals surface area contributed by atoms with Crippen LogP contribution in [-0.4, -0.2) is 48.7 Å². The molecule has 3 aliphatic heterocycles. The van der Waals surface area contributed by atoms with Crippen LogP contribution >= 0.6 is 11.8 Å². The Morgan fingerprint density at radius 2 is 2.04 bits per heavy atom. The summed E-state index contributed by atoms with van der Waals surface area (Å²) in [5.41, 5.74) is 10.1. The second-order valence-corrected chi connectivity index (χ2v) is 8.69. The molecule has 5 heteroatoms. The van der Waals surface area contributed by atoms with Gasteiger partial charge in [0.1, 0.15) is 5.84 Å². The molecule has 1 fully saturated rings. The Morgan fingerprint density at radius 3 is 2.85 bits per heavy atom. The minimum absolute atomic E-state index is 0.313. The van der Waals surface area contributed by atoms with E-state index in [0.29, 0.717) is 5.25 Å². The van der Waals surface area contributed by atoms with Crippen LogP contribution in [-0.2, 0) is 6.42 Å². The number of aryl methyl sites for hydroxylation is 1. The zero-order valence-corrected chi connectivity index (χ0v) is 16.4. The van der Waals surface area contributed by atoms with Crippen molar-refractivity contribution in [3.63, 3.8) is 0 Å². The van der Waals surface area contributed by atoms with Crippen molar-refractivity contribution < 1.29 is 0 Å². The van der Waals surface area contributed by atoms with Crippen molar-refractivity contribution >= 4 is 29.0 Å². The third-order valence-corrected chi connectivity index (χ3v) is 6.77. The van der Waals surface area contributed by atoms with Gasteiger partial charge in [0, 0.05) is 18.8 Å². The number of amidine groups is 1. The molecule has 1 aromatic rings. The molecule has 0 aliphatic carbocycles. The number of rotatable bonds is 6. The number of nitrogens with two attached hydrogens (primary N) is 1. The van der Waals surface area contributed by atoms with Crippen molar-refractivity contribution in [2.45, 2.75) is 43.8 Å². The van der Waals surface area contributed by atoms with Crippen LogP contribution in [0, 0.1) is 0 Å². The van der Waals surface area contributed by atoms with Gasteiger partial charge >= 0.3 is 0 Å². The van der Waals surface area contributed by atoms with Gasteiger partial charge in [-0.1, -0.05) is 6.08 Å². The molecule has 3 heterocycles. The average molecular weight is 371 g/mol. The Balaban J connectivity index is 1.39. The second kappa shape index (κ2) is 8.49. The molecular formula is C21H30N4S. The van der Waals surface area contributed by atoms with Gasteiger partial charge < -0.3 is 15.5 Å². The molecular weight excluding hydrogens is 340 g/mol. The van der Waals surface area contributed by atoms with Crippen LogP contribution in [0.4, 0.5) is 11.4 Å². The van der Waals surface area contributed by atoms with E-state index in [1.54, 1.807) is 11.8 Å². The van der Waals surface area contributed by atoms with E-state index in [1.807, 2.05) is 0 Å². The number of benzene rings is 1. The van der Waals surface area contributed by atoms with Gasteiger partial charge in [-0.05, 0) is 87.3 Å². The smallest absolute Gasteiger partial charge is 0.113 e. The lowest BCUT2D eigenvalue weighted by Gasteiger charge is -2.32. The van der Waals surface area contributed by atoms with Gasteiger partial charge in [-0.2, -0.15) is 0 Å². The van der Waals surface area contributed by atoms with Gasteiger partial charge in [0.05, 0.1) is 10.9 Å².